The minimum Gasteiger partial charge on any atom is -0.369 e. The van der Waals surface area contributed by atoms with Gasteiger partial charge < -0.3 is 4.74 Å². The molecule has 0 aromatic rings. The quantitative estimate of drug-likeness (QED) is 0.682. The monoisotopic (exact) mass is 238 g/mol. The van der Waals surface area contributed by atoms with E-state index in [1.807, 2.05) is 0 Å². The first-order valence-corrected chi connectivity index (χ1v) is 4.23. The van der Waals surface area contributed by atoms with Crippen molar-refractivity contribution in [3.63, 3.8) is 0 Å². The lowest BCUT2D eigenvalue weighted by atomic mass is 10.1. The van der Waals surface area contributed by atoms with Gasteiger partial charge >= 0.3 is 12.1 Å². The van der Waals surface area contributed by atoms with Crippen LogP contribution in [0.4, 0.5) is 26.3 Å². The molecule has 0 saturated heterocycles. The molecule has 0 radical (unpaired) electrons. The highest BCUT2D eigenvalue weighted by Crippen LogP contribution is 2.38. The molecule has 0 bridgehead atoms. The molecule has 0 rings (SSSR count). The minimum absolute atomic E-state index is 0.702. The van der Waals surface area contributed by atoms with Gasteiger partial charge in [0.2, 0.25) is 0 Å². The van der Waals surface area contributed by atoms with Crippen LogP contribution in [0.15, 0.2) is 0 Å². The van der Waals surface area contributed by atoms with Gasteiger partial charge in [-0.2, -0.15) is 13.2 Å². The molecule has 92 valence electrons. The summed E-state index contributed by atoms with van der Waals surface area (Å²) < 4.78 is 77.8. The zero-order chi connectivity index (χ0) is 12.4. The minimum atomic E-state index is -5.59. The average molecular weight is 238 g/mol. The van der Waals surface area contributed by atoms with Gasteiger partial charge in [-0.15, -0.1) is 0 Å². The standard InChI is InChI=1S/C8H12F6O/c1-4(2)15-5(3)7(10,11)6(9)8(12,13)14/h4-6H,1-3H3. The molecule has 0 heterocycles. The van der Waals surface area contributed by atoms with Gasteiger partial charge in [0.05, 0.1) is 6.10 Å². The third-order valence-electron chi connectivity index (χ3n) is 1.64. The topological polar surface area (TPSA) is 9.23 Å². The van der Waals surface area contributed by atoms with Crippen molar-refractivity contribution in [2.24, 2.45) is 0 Å². The van der Waals surface area contributed by atoms with E-state index in [4.69, 9.17) is 0 Å². The van der Waals surface area contributed by atoms with Crippen molar-refractivity contribution in [2.45, 2.75) is 51.2 Å². The van der Waals surface area contributed by atoms with Crippen LogP contribution in [0.3, 0.4) is 0 Å². The molecule has 2 unspecified atom stereocenters. The van der Waals surface area contributed by atoms with E-state index in [1.165, 1.54) is 13.8 Å². The largest absolute Gasteiger partial charge is 0.425 e. The number of ether oxygens (including phenoxy) is 1. The van der Waals surface area contributed by atoms with Crippen molar-refractivity contribution in [1.29, 1.82) is 0 Å². The van der Waals surface area contributed by atoms with Crippen molar-refractivity contribution in [2.75, 3.05) is 0 Å². The summed E-state index contributed by atoms with van der Waals surface area (Å²) in [5, 5.41) is 0. The second kappa shape index (κ2) is 4.59. The molecule has 0 spiro atoms. The zero-order valence-corrected chi connectivity index (χ0v) is 8.41. The summed E-state index contributed by atoms with van der Waals surface area (Å²) in [6.07, 6.45) is -12.6. The van der Waals surface area contributed by atoms with Crippen molar-refractivity contribution in [3.05, 3.63) is 0 Å². The van der Waals surface area contributed by atoms with Gasteiger partial charge in [0, 0.05) is 0 Å². The first kappa shape index (κ1) is 14.5. The van der Waals surface area contributed by atoms with Crippen LogP contribution in [0.1, 0.15) is 20.8 Å². The molecule has 0 aromatic heterocycles. The average Bonchev–Trinajstić information content (AvgIpc) is 1.99. The number of alkyl halides is 6. The number of halogens is 6. The molecular weight excluding hydrogens is 226 g/mol. The van der Waals surface area contributed by atoms with E-state index in [0.29, 0.717) is 6.92 Å². The Morgan fingerprint density at radius 1 is 0.933 bits per heavy atom. The molecule has 0 aliphatic rings. The molecule has 0 aliphatic carbocycles. The van der Waals surface area contributed by atoms with Crippen LogP contribution in [0.25, 0.3) is 0 Å². The Morgan fingerprint density at radius 2 is 1.33 bits per heavy atom. The Morgan fingerprint density at radius 3 is 1.60 bits per heavy atom. The molecule has 0 saturated carbocycles. The third kappa shape index (κ3) is 3.89. The molecule has 0 N–H and O–H groups in total. The molecule has 0 fully saturated rings. The normalized spacial score (nSPS) is 18.0. The van der Waals surface area contributed by atoms with Gasteiger partial charge in [-0.3, -0.25) is 0 Å². The van der Waals surface area contributed by atoms with E-state index in [-0.39, 0.29) is 0 Å². The van der Waals surface area contributed by atoms with Crippen molar-refractivity contribution < 1.29 is 31.1 Å². The van der Waals surface area contributed by atoms with Crippen LogP contribution in [0.2, 0.25) is 0 Å². The molecule has 0 amide bonds. The Balaban J connectivity index is 4.65. The van der Waals surface area contributed by atoms with Crippen LogP contribution in [-0.2, 0) is 4.74 Å². The molecule has 1 nitrogen and oxygen atoms in total. The fourth-order valence-electron chi connectivity index (χ4n) is 0.923. The number of rotatable bonds is 4. The van der Waals surface area contributed by atoms with E-state index < -0.39 is 30.5 Å². The summed E-state index contributed by atoms with van der Waals surface area (Å²) in [6.45, 7) is 3.44. The Bertz CT molecular complexity index is 200. The Labute approximate surface area is 83.4 Å². The SMILES string of the molecule is CC(C)OC(C)C(F)(F)C(F)C(F)(F)F. The van der Waals surface area contributed by atoms with E-state index in [9.17, 15) is 26.3 Å². The van der Waals surface area contributed by atoms with Gasteiger partial charge in [-0.1, -0.05) is 0 Å². The summed E-state index contributed by atoms with van der Waals surface area (Å²) in [6, 6.07) is 0. The third-order valence-corrected chi connectivity index (χ3v) is 1.64. The summed E-state index contributed by atoms with van der Waals surface area (Å²) in [5.41, 5.74) is 0. The lowest BCUT2D eigenvalue weighted by Gasteiger charge is -2.29. The van der Waals surface area contributed by atoms with E-state index >= 15 is 0 Å². The lowest BCUT2D eigenvalue weighted by molar-refractivity contribution is -0.273. The summed E-state index contributed by atoms with van der Waals surface area (Å²) >= 11 is 0. The predicted molar refractivity (Wildman–Crippen MR) is 41.6 cm³/mol. The zero-order valence-electron chi connectivity index (χ0n) is 8.41. The second-order valence-electron chi connectivity index (χ2n) is 3.41. The van der Waals surface area contributed by atoms with Gasteiger partial charge in [0.1, 0.15) is 6.10 Å². The van der Waals surface area contributed by atoms with E-state index in [0.717, 1.165) is 0 Å². The smallest absolute Gasteiger partial charge is 0.369 e. The van der Waals surface area contributed by atoms with Gasteiger partial charge in [-0.05, 0) is 20.8 Å². The summed E-state index contributed by atoms with van der Waals surface area (Å²) in [7, 11) is 0. The summed E-state index contributed by atoms with van der Waals surface area (Å²) in [5.74, 6) is -4.58. The molecule has 15 heavy (non-hydrogen) atoms. The maximum Gasteiger partial charge on any atom is 0.425 e. The molecular formula is C8H12F6O. The highest BCUT2D eigenvalue weighted by Gasteiger charge is 2.59. The first-order chi connectivity index (χ1) is 6.49. The number of hydrogen-bond acceptors (Lipinski definition) is 1. The van der Waals surface area contributed by atoms with Crippen LogP contribution in [-0.4, -0.2) is 30.5 Å². The van der Waals surface area contributed by atoms with Crippen LogP contribution in [0.5, 0.6) is 0 Å². The molecule has 0 aromatic carbocycles. The van der Waals surface area contributed by atoms with Crippen molar-refractivity contribution in [1.82, 2.24) is 0 Å². The second-order valence-corrected chi connectivity index (χ2v) is 3.41. The van der Waals surface area contributed by atoms with Crippen LogP contribution >= 0.6 is 0 Å². The Hall–Kier alpha value is -0.460. The fraction of sp³-hybridized carbons (Fsp3) is 1.00. The van der Waals surface area contributed by atoms with Crippen LogP contribution < -0.4 is 0 Å². The van der Waals surface area contributed by atoms with Crippen LogP contribution in [0, 0.1) is 0 Å². The first-order valence-electron chi connectivity index (χ1n) is 4.23. The highest BCUT2D eigenvalue weighted by atomic mass is 19.4. The van der Waals surface area contributed by atoms with E-state index in [2.05, 4.69) is 4.74 Å². The fourth-order valence-corrected chi connectivity index (χ4v) is 0.923. The van der Waals surface area contributed by atoms with Crippen molar-refractivity contribution in [3.8, 4) is 0 Å². The molecule has 7 heteroatoms. The number of hydrogen-bond donors (Lipinski definition) is 0. The van der Waals surface area contributed by atoms with Gasteiger partial charge in [0.15, 0.2) is 0 Å². The van der Waals surface area contributed by atoms with E-state index in [1.54, 1.807) is 0 Å². The molecule has 0 aliphatic heterocycles. The Kier molecular flexibility index (Phi) is 4.45. The van der Waals surface area contributed by atoms with Gasteiger partial charge in [0.25, 0.3) is 6.17 Å². The molecule has 2 atom stereocenters. The lowest BCUT2D eigenvalue weighted by Crippen LogP contribution is -2.49. The maximum atomic E-state index is 12.8. The van der Waals surface area contributed by atoms with Crippen molar-refractivity contribution >= 4 is 0 Å². The summed E-state index contributed by atoms with van der Waals surface area (Å²) in [4.78, 5) is 0. The highest BCUT2D eigenvalue weighted by molar-refractivity contribution is 4.88. The predicted octanol–water partition coefficient (Wildman–Crippen LogP) is 3.34. The maximum absolute atomic E-state index is 12.8. The van der Waals surface area contributed by atoms with Gasteiger partial charge in [-0.25, -0.2) is 13.2 Å².